The van der Waals surface area contributed by atoms with E-state index in [1.54, 1.807) is 55.5 Å². The maximum atomic E-state index is 12.3. The molecule has 0 bridgehead atoms. The van der Waals surface area contributed by atoms with E-state index in [-0.39, 0.29) is 25.0 Å². The summed E-state index contributed by atoms with van der Waals surface area (Å²) in [5.41, 5.74) is 2.21. The van der Waals surface area contributed by atoms with E-state index in [1.165, 1.54) is 4.90 Å². The molecule has 138 valence electrons. The zero-order chi connectivity index (χ0) is 19.4. The number of imide groups is 1. The van der Waals surface area contributed by atoms with Crippen molar-refractivity contribution in [3.05, 3.63) is 65.2 Å². The number of ether oxygens (including phenoxy) is 1. The number of nitrogens with one attached hydrogen (secondary N) is 1. The van der Waals surface area contributed by atoms with E-state index in [1.807, 2.05) is 0 Å². The molecule has 0 unspecified atom stereocenters. The van der Waals surface area contributed by atoms with Crippen molar-refractivity contribution in [2.45, 2.75) is 13.3 Å². The molecule has 1 heterocycles. The number of amides is 3. The molecule has 0 saturated carbocycles. The highest BCUT2D eigenvalue weighted by Crippen LogP contribution is 2.22. The van der Waals surface area contributed by atoms with Gasteiger partial charge in [0.05, 0.1) is 17.7 Å². The third kappa shape index (κ3) is 3.87. The van der Waals surface area contributed by atoms with Gasteiger partial charge in [-0.2, -0.15) is 0 Å². The first kappa shape index (κ1) is 18.3. The van der Waals surface area contributed by atoms with Crippen LogP contribution in [0, 0.1) is 0 Å². The normalized spacial score (nSPS) is 12.7. The number of hydrogen-bond donors (Lipinski definition) is 1. The molecule has 0 atom stereocenters. The first-order valence-electron chi connectivity index (χ1n) is 8.53. The van der Waals surface area contributed by atoms with Gasteiger partial charge >= 0.3 is 11.9 Å². The smallest absolute Gasteiger partial charge is 0.397 e. The number of esters is 1. The minimum atomic E-state index is -0.938. The molecule has 0 saturated heterocycles. The van der Waals surface area contributed by atoms with Crippen LogP contribution in [0.2, 0.25) is 0 Å². The van der Waals surface area contributed by atoms with Crippen molar-refractivity contribution in [2.75, 3.05) is 18.5 Å². The molecule has 27 heavy (non-hydrogen) atoms. The molecule has 0 aromatic heterocycles. The van der Waals surface area contributed by atoms with Crippen LogP contribution in [0.3, 0.4) is 0 Å². The van der Waals surface area contributed by atoms with E-state index < -0.39 is 11.9 Å². The quantitative estimate of drug-likeness (QED) is 0.496. The number of anilines is 1. The number of carbonyl (C=O) groups is 4. The predicted molar refractivity (Wildman–Crippen MR) is 97.2 cm³/mol. The fraction of sp³-hybridized carbons (Fsp3) is 0.200. The Bertz CT molecular complexity index is 870. The van der Waals surface area contributed by atoms with Gasteiger partial charge in [-0.1, -0.05) is 24.3 Å². The minimum absolute atomic E-state index is 0.128. The fourth-order valence-corrected chi connectivity index (χ4v) is 2.82. The van der Waals surface area contributed by atoms with E-state index in [0.29, 0.717) is 23.2 Å². The summed E-state index contributed by atoms with van der Waals surface area (Å²) < 4.78 is 4.62. The summed E-state index contributed by atoms with van der Waals surface area (Å²) in [7, 11) is 0. The van der Waals surface area contributed by atoms with Gasteiger partial charge in [0.25, 0.3) is 11.8 Å². The van der Waals surface area contributed by atoms with Gasteiger partial charge in [-0.15, -0.1) is 0 Å². The second-order valence-corrected chi connectivity index (χ2v) is 5.93. The highest BCUT2D eigenvalue weighted by molar-refractivity contribution is 6.37. The summed E-state index contributed by atoms with van der Waals surface area (Å²) in [6.45, 7) is 2.01. The van der Waals surface area contributed by atoms with Gasteiger partial charge < -0.3 is 10.1 Å². The standard InChI is InChI=1S/C20H18N2O5/c1-2-27-20(26)17(23)21-14-9-7-13(8-10-14)11-12-22-18(24)15-5-3-4-6-16(15)19(22)25/h3-10H,2,11-12H2,1H3,(H,21,23). The van der Waals surface area contributed by atoms with Crippen LogP contribution in [0.5, 0.6) is 0 Å². The third-order valence-electron chi connectivity index (χ3n) is 4.17. The van der Waals surface area contributed by atoms with Gasteiger partial charge in [0.2, 0.25) is 0 Å². The summed E-state index contributed by atoms with van der Waals surface area (Å²) in [6, 6.07) is 13.6. The molecule has 2 aromatic rings. The van der Waals surface area contributed by atoms with Gasteiger partial charge in [-0.25, -0.2) is 4.79 Å². The van der Waals surface area contributed by atoms with Crippen LogP contribution in [0.15, 0.2) is 48.5 Å². The topological polar surface area (TPSA) is 92.8 Å². The lowest BCUT2D eigenvalue weighted by Gasteiger charge is -2.14. The Balaban J connectivity index is 1.58. The molecule has 1 aliphatic rings. The monoisotopic (exact) mass is 366 g/mol. The summed E-state index contributed by atoms with van der Waals surface area (Å²) in [5.74, 6) is -2.34. The molecule has 0 fully saturated rings. The van der Waals surface area contributed by atoms with Crippen LogP contribution in [0.4, 0.5) is 5.69 Å². The molecule has 7 nitrogen and oxygen atoms in total. The van der Waals surface area contributed by atoms with Crippen molar-refractivity contribution in [2.24, 2.45) is 0 Å². The Kier molecular flexibility index (Phi) is 5.30. The maximum absolute atomic E-state index is 12.3. The average Bonchev–Trinajstić information content (AvgIpc) is 2.92. The zero-order valence-electron chi connectivity index (χ0n) is 14.7. The van der Waals surface area contributed by atoms with Crippen molar-refractivity contribution in [1.29, 1.82) is 0 Å². The number of benzene rings is 2. The van der Waals surface area contributed by atoms with Crippen LogP contribution >= 0.6 is 0 Å². The van der Waals surface area contributed by atoms with Gasteiger partial charge in [0.15, 0.2) is 0 Å². The Morgan fingerprint density at radius 2 is 1.56 bits per heavy atom. The molecule has 1 N–H and O–H groups in total. The van der Waals surface area contributed by atoms with Gasteiger partial charge in [-0.3, -0.25) is 19.3 Å². The molecule has 1 aliphatic heterocycles. The number of nitrogens with zero attached hydrogens (tertiary/aromatic N) is 1. The van der Waals surface area contributed by atoms with Crippen molar-refractivity contribution in [3.8, 4) is 0 Å². The number of fused-ring (bicyclic) bond motifs is 1. The zero-order valence-corrected chi connectivity index (χ0v) is 14.7. The predicted octanol–water partition coefficient (Wildman–Crippen LogP) is 2.03. The Labute approximate surface area is 155 Å². The van der Waals surface area contributed by atoms with Crippen molar-refractivity contribution in [1.82, 2.24) is 4.90 Å². The second-order valence-electron chi connectivity index (χ2n) is 5.93. The maximum Gasteiger partial charge on any atom is 0.397 e. The molecule has 3 amide bonds. The second kappa shape index (κ2) is 7.82. The van der Waals surface area contributed by atoms with E-state index in [2.05, 4.69) is 10.1 Å². The average molecular weight is 366 g/mol. The molecule has 3 rings (SSSR count). The van der Waals surface area contributed by atoms with Crippen LogP contribution in [-0.4, -0.2) is 41.7 Å². The van der Waals surface area contributed by atoms with Crippen LogP contribution in [0.1, 0.15) is 33.2 Å². The van der Waals surface area contributed by atoms with E-state index >= 15 is 0 Å². The third-order valence-corrected chi connectivity index (χ3v) is 4.17. The minimum Gasteiger partial charge on any atom is -0.459 e. The van der Waals surface area contributed by atoms with Gasteiger partial charge in [0, 0.05) is 12.2 Å². The lowest BCUT2D eigenvalue weighted by atomic mass is 10.1. The molecule has 7 heteroatoms. The lowest BCUT2D eigenvalue weighted by Crippen LogP contribution is -2.31. The van der Waals surface area contributed by atoms with Gasteiger partial charge in [0.1, 0.15) is 0 Å². The number of rotatable bonds is 5. The Morgan fingerprint density at radius 1 is 0.963 bits per heavy atom. The Hall–Kier alpha value is -3.48. The summed E-state index contributed by atoms with van der Waals surface area (Å²) in [6.07, 6.45) is 0.484. The summed E-state index contributed by atoms with van der Waals surface area (Å²) in [5, 5.41) is 2.44. The van der Waals surface area contributed by atoms with Crippen LogP contribution in [-0.2, 0) is 20.7 Å². The van der Waals surface area contributed by atoms with Crippen molar-refractivity contribution < 1.29 is 23.9 Å². The molecule has 0 radical (unpaired) electrons. The molecular weight excluding hydrogens is 348 g/mol. The lowest BCUT2D eigenvalue weighted by molar-refractivity contribution is -0.152. The van der Waals surface area contributed by atoms with E-state index in [9.17, 15) is 19.2 Å². The van der Waals surface area contributed by atoms with Crippen molar-refractivity contribution in [3.63, 3.8) is 0 Å². The number of carbonyl (C=O) groups excluding carboxylic acids is 4. The van der Waals surface area contributed by atoms with E-state index in [4.69, 9.17) is 0 Å². The highest BCUT2D eigenvalue weighted by atomic mass is 16.5. The molecule has 0 aliphatic carbocycles. The largest absolute Gasteiger partial charge is 0.459 e. The number of hydrogen-bond acceptors (Lipinski definition) is 5. The van der Waals surface area contributed by atoms with E-state index in [0.717, 1.165) is 5.56 Å². The van der Waals surface area contributed by atoms with Crippen LogP contribution < -0.4 is 5.32 Å². The summed E-state index contributed by atoms with van der Waals surface area (Å²) in [4.78, 5) is 48.8. The highest BCUT2D eigenvalue weighted by Gasteiger charge is 2.34. The first-order chi connectivity index (χ1) is 13.0. The fourth-order valence-electron chi connectivity index (χ4n) is 2.82. The molecule has 0 spiro atoms. The van der Waals surface area contributed by atoms with Crippen molar-refractivity contribution >= 4 is 29.4 Å². The first-order valence-corrected chi connectivity index (χ1v) is 8.53. The summed E-state index contributed by atoms with van der Waals surface area (Å²) >= 11 is 0. The van der Waals surface area contributed by atoms with Gasteiger partial charge in [-0.05, 0) is 43.2 Å². The Morgan fingerprint density at radius 3 is 2.11 bits per heavy atom. The SMILES string of the molecule is CCOC(=O)C(=O)Nc1ccc(CCN2C(=O)c3ccccc3C2=O)cc1. The van der Waals surface area contributed by atoms with Crippen LogP contribution in [0.25, 0.3) is 0 Å². The molecule has 2 aromatic carbocycles. The molecular formula is C20H18N2O5.